The molecule has 0 spiro atoms. The molecular weight excluding hydrogens is 863 g/mol. The van der Waals surface area contributed by atoms with Gasteiger partial charge in [0.1, 0.15) is 30.0 Å². The summed E-state index contributed by atoms with van der Waals surface area (Å²) in [6.07, 6.45) is -9.24. The van der Waals surface area contributed by atoms with Crippen molar-refractivity contribution in [3.8, 4) is 0 Å². The summed E-state index contributed by atoms with van der Waals surface area (Å²) in [7, 11) is -2.58. The zero-order valence-corrected chi connectivity index (χ0v) is 39.9. The molecule has 3 aliphatic carbocycles. The van der Waals surface area contributed by atoms with Crippen molar-refractivity contribution < 1.29 is 62.7 Å². The van der Waals surface area contributed by atoms with Crippen molar-refractivity contribution in [1.82, 2.24) is 5.32 Å². The van der Waals surface area contributed by atoms with Gasteiger partial charge in [0.2, 0.25) is 0 Å². The molecule has 4 aliphatic rings. The Hall–Kier alpha value is -5.03. The third-order valence-electron chi connectivity index (χ3n) is 15.5. The van der Waals surface area contributed by atoms with Gasteiger partial charge in [-0.1, -0.05) is 101 Å². The number of benzene rings is 3. The summed E-state index contributed by atoms with van der Waals surface area (Å²) in [5, 5.41) is 41.3. The molecule has 1 unspecified atom stereocenters. The van der Waals surface area contributed by atoms with Gasteiger partial charge in [0.25, 0.3) is 5.91 Å². The maximum absolute atomic E-state index is 15.8. The summed E-state index contributed by atoms with van der Waals surface area (Å²) < 4.78 is 32.5. The zero-order chi connectivity index (χ0) is 48.0. The molecule has 354 valence electrons. The van der Waals surface area contributed by atoms with Crippen LogP contribution in [0.4, 0.5) is 0 Å². The molecule has 2 saturated carbocycles. The second-order valence-electron chi connectivity index (χ2n) is 19.1. The number of fused-ring (bicyclic) bond motifs is 5. The number of carbonyl (C=O) groups excluding carboxylic acids is 5. The Morgan fingerprint density at radius 1 is 0.864 bits per heavy atom. The Balaban J connectivity index is 1.39. The number of hydrogen-bond acceptors (Lipinski definition) is 13. The largest absolute Gasteiger partial charge is 0.456 e. The fraction of sp³-hybridized carbons (Fsp3) is 0.510. The number of esters is 3. The van der Waals surface area contributed by atoms with E-state index in [1.165, 1.54) is 6.92 Å². The molecule has 1 heterocycles. The highest BCUT2D eigenvalue weighted by atomic mass is 28.4. The van der Waals surface area contributed by atoms with E-state index in [-0.39, 0.29) is 35.3 Å². The lowest BCUT2D eigenvalue weighted by molar-refractivity contribution is -0.344. The Morgan fingerprint density at radius 2 is 1.42 bits per heavy atom. The van der Waals surface area contributed by atoms with Crippen LogP contribution in [-0.2, 0) is 37.8 Å². The van der Waals surface area contributed by atoms with Crippen LogP contribution in [0.25, 0.3) is 0 Å². The average molecular weight is 926 g/mol. The number of hydrogen-bond donors (Lipinski definition) is 4. The summed E-state index contributed by atoms with van der Waals surface area (Å²) in [6.45, 7) is 13.6. The molecule has 66 heavy (non-hydrogen) atoms. The Labute approximate surface area is 387 Å². The molecule has 11 atom stereocenters. The molecule has 0 radical (unpaired) electrons. The molecule has 3 aromatic rings. The minimum absolute atomic E-state index is 0.0308. The number of ketones is 1. The first-order valence-corrected chi connectivity index (χ1v) is 25.5. The van der Waals surface area contributed by atoms with Crippen molar-refractivity contribution in [2.24, 2.45) is 16.7 Å². The number of carbonyl (C=O) groups is 5. The molecule has 0 aromatic heterocycles. The summed E-state index contributed by atoms with van der Waals surface area (Å²) in [5.74, 6) is -5.41. The number of amides is 1. The van der Waals surface area contributed by atoms with Gasteiger partial charge in [0.05, 0.1) is 35.6 Å². The van der Waals surface area contributed by atoms with Crippen molar-refractivity contribution in [3.05, 3.63) is 119 Å². The molecule has 4 N–H and O–H groups in total. The molecule has 7 rings (SSSR count). The van der Waals surface area contributed by atoms with Gasteiger partial charge in [-0.2, -0.15) is 0 Å². The van der Waals surface area contributed by atoms with Gasteiger partial charge in [-0.15, -0.1) is 0 Å². The maximum Gasteiger partial charge on any atom is 0.338 e. The monoisotopic (exact) mass is 925 g/mol. The highest BCUT2D eigenvalue weighted by Gasteiger charge is 2.78. The van der Waals surface area contributed by atoms with E-state index < -0.39 is 115 Å². The first-order valence-electron chi connectivity index (χ1n) is 23.0. The van der Waals surface area contributed by atoms with E-state index in [1.807, 2.05) is 20.8 Å². The highest BCUT2D eigenvalue weighted by molar-refractivity contribution is 6.73. The van der Waals surface area contributed by atoms with Crippen molar-refractivity contribution >= 4 is 37.9 Å². The SMILES string of the molecule is CC[Si](CC)(CC)O[C@H]1C[C@H]2OC[C@@]2(OC(C)=O)C2[C@H](OC(=O)c3ccccc3)[C@]3(O)C[C@H](OC(=O)[C@@H](O)[C@@H](NC(=O)c4ccccc4)c4ccccc4)C(C)=C([C@@H](O)C(=O)[C@@]21C)C3(C)C. The number of ether oxygens (including phenoxy) is 4. The van der Waals surface area contributed by atoms with Crippen LogP contribution in [0.15, 0.2) is 102 Å². The minimum atomic E-state index is -2.58. The predicted molar refractivity (Wildman–Crippen MR) is 244 cm³/mol. The van der Waals surface area contributed by atoms with Crippen LogP contribution in [0.5, 0.6) is 0 Å². The number of nitrogens with one attached hydrogen (secondary N) is 1. The summed E-state index contributed by atoms with van der Waals surface area (Å²) in [4.78, 5) is 71.5. The van der Waals surface area contributed by atoms with E-state index >= 15 is 4.79 Å². The standard InChI is InChI=1S/C51H63NO13Si/c1-9-66(10-2,11-3)65-36-27-37-50(29-61-37,64-31(5)53)42-44(63-46(58)34-25-19-14-20-26-34)51(60)28-35(30(4)38(48(51,6)7)40(54)43(56)49(36,42)8)62-47(59)41(55)39(32-21-15-12-16-22-32)52-45(57)33-23-17-13-18-24-33/h12-26,35-37,39-42,44,54-55,60H,9-11,27-29H2,1-8H3,(H,52,57)/t35-,36-,37+,39-,40+,41-,42?,44-,49+,50-,51+/m0/s1. The van der Waals surface area contributed by atoms with Crippen molar-refractivity contribution in [1.29, 1.82) is 0 Å². The molecule has 3 fully saturated rings. The quantitative estimate of drug-likeness (QED) is 0.0617. The van der Waals surface area contributed by atoms with Gasteiger partial charge < -0.3 is 44.0 Å². The Kier molecular flexibility index (Phi) is 13.8. The van der Waals surface area contributed by atoms with E-state index in [2.05, 4.69) is 5.32 Å². The van der Waals surface area contributed by atoms with E-state index in [9.17, 15) is 34.5 Å². The molecule has 15 heteroatoms. The van der Waals surface area contributed by atoms with Crippen LogP contribution in [0.1, 0.15) is 101 Å². The van der Waals surface area contributed by atoms with Gasteiger partial charge in [0.15, 0.2) is 25.8 Å². The summed E-state index contributed by atoms with van der Waals surface area (Å²) in [5.41, 5.74) is -6.28. The highest BCUT2D eigenvalue weighted by Crippen LogP contribution is 2.65. The van der Waals surface area contributed by atoms with Crippen molar-refractivity contribution in [2.75, 3.05) is 6.61 Å². The zero-order valence-electron chi connectivity index (χ0n) is 38.9. The third kappa shape index (κ3) is 8.15. The average Bonchev–Trinajstić information content (AvgIpc) is 3.31. The topological polar surface area (TPSA) is 204 Å². The third-order valence-corrected chi connectivity index (χ3v) is 20.2. The van der Waals surface area contributed by atoms with Gasteiger partial charge in [0, 0.05) is 30.7 Å². The number of rotatable bonds is 14. The Morgan fingerprint density at radius 3 is 1.95 bits per heavy atom. The van der Waals surface area contributed by atoms with Crippen molar-refractivity contribution in [3.63, 3.8) is 0 Å². The second-order valence-corrected chi connectivity index (χ2v) is 23.8. The van der Waals surface area contributed by atoms with E-state index in [0.29, 0.717) is 23.7 Å². The fourth-order valence-corrected chi connectivity index (χ4v) is 14.3. The normalized spacial score (nSPS) is 31.0. The van der Waals surface area contributed by atoms with E-state index in [0.717, 1.165) is 0 Å². The van der Waals surface area contributed by atoms with Gasteiger partial charge in [-0.25, -0.2) is 9.59 Å². The van der Waals surface area contributed by atoms with Crippen LogP contribution in [0.3, 0.4) is 0 Å². The molecule has 3 aromatic carbocycles. The van der Waals surface area contributed by atoms with E-state index in [4.69, 9.17) is 23.4 Å². The predicted octanol–water partition coefficient (Wildman–Crippen LogP) is 6.19. The number of aliphatic hydroxyl groups excluding tert-OH is 2. The lowest BCUT2D eigenvalue weighted by Crippen LogP contribution is -2.82. The molecule has 2 bridgehead atoms. The van der Waals surface area contributed by atoms with Gasteiger partial charge in [-0.05, 0) is 73.0 Å². The van der Waals surface area contributed by atoms with Crippen LogP contribution in [-0.4, -0.2) is 108 Å². The van der Waals surface area contributed by atoms with Crippen LogP contribution in [0, 0.1) is 16.7 Å². The molecule has 1 saturated heterocycles. The second kappa shape index (κ2) is 18.6. The molecule has 1 aliphatic heterocycles. The molecular formula is C51H63NO13Si. The Bertz CT molecular complexity index is 2330. The molecule has 1 amide bonds. The van der Waals surface area contributed by atoms with Gasteiger partial charge in [-0.3, -0.25) is 14.4 Å². The van der Waals surface area contributed by atoms with Crippen LogP contribution in [0.2, 0.25) is 18.1 Å². The van der Waals surface area contributed by atoms with Crippen molar-refractivity contribution in [2.45, 2.75) is 140 Å². The lowest BCUT2D eigenvalue weighted by Gasteiger charge is -2.68. The van der Waals surface area contributed by atoms with Gasteiger partial charge >= 0.3 is 17.9 Å². The van der Waals surface area contributed by atoms with Crippen LogP contribution < -0.4 is 5.32 Å². The van der Waals surface area contributed by atoms with E-state index in [1.54, 1.807) is 119 Å². The lowest BCUT2D eigenvalue weighted by atomic mass is 9.44. The first kappa shape index (κ1) is 48.9. The number of Topliss-reactive ketones (excluding diaryl/α,β-unsaturated/α-hetero) is 1. The fourth-order valence-electron chi connectivity index (χ4n) is 11.4. The number of aliphatic hydroxyl groups is 3. The summed E-state index contributed by atoms with van der Waals surface area (Å²) >= 11 is 0. The maximum atomic E-state index is 15.8. The minimum Gasteiger partial charge on any atom is -0.456 e. The van der Waals surface area contributed by atoms with Crippen LogP contribution >= 0.6 is 0 Å². The molecule has 14 nitrogen and oxygen atoms in total. The first-order chi connectivity index (χ1) is 31.2. The summed E-state index contributed by atoms with van der Waals surface area (Å²) in [6, 6.07) is 25.6. The smallest absolute Gasteiger partial charge is 0.338 e.